The van der Waals surface area contributed by atoms with Crippen LogP contribution in [0.5, 0.6) is 0 Å². The van der Waals surface area contributed by atoms with E-state index in [0.29, 0.717) is 11.7 Å². The van der Waals surface area contributed by atoms with Gasteiger partial charge in [0.1, 0.15) is 0 Å². The Kier molecular flexibility index (Phi) is 6.08. The van der Waals surface area contributed by atoms with E-state index < -0.39 is 0 Å². The second-order valence-corrected chi connectivity index (χ2v) is 9.71. The first-order valence-electron chi connectivity index (χ1n) is 12.2. The molecule has 0 unspecified atom stereocenters. The molecule has 0 atom stereocenters. The highest BCUT2D eigenvalue weighted by atomic mass is 16.2. The second-order valence-electron chi connectivity index (χ2n) is 9.71. The van der Waals surface area contributed by atoms with Crippen molar-refractivity contribution in [1.29, 1.82) is 0 Å². The van der Waals surface area contributed by atoms with Crippen LogP contribution in [-0.2, 0) is 0 Å². The summed E-state index contributed by atoms with van der Waals surface area (Å²) in [6, 6.07) is 8.81. The average molecular weight is 422 g/mol. The third kappa shape index (κ3) is 4.27. The van der Waals surface area contributed by atoms with Gasteiger partial charge in [-0.1, -0.05) is 37.6 Å². The van der Waals surface area contributed by atoms with E-state index in [0.717, 1.165) is 61.5 Å². The van der Waals surface area contributed by atoms with E-state index in [4.69, 9.17) is 0 Å². The number of hydrogen-bond donors (Lipinski definition) is 0. The zero-order chi connectivity index (χ0) is 21.2. The van der Waals surface area contributed by atoms with Gasteiger partial charge in [-0.2, -0.15) is 0 Å². The number of piperidine rings is 3. The van der Waals surface area contributed by atoms with Gasteiger partial charge in [0.15, 0.2) is 11.5 Å². The van der Waals surface area contributed by atoms with Crippen LogP contribution in [0.15, 0.2) is 24.3 Å². The number of hydrogen-bond acceptors (Lipinski definition) is 5. The summed E-state index contributed by atoms with van der Waals surface area (Å²) in [7, 11) is 0. The third-order valence-electron chi connectivity index (χ3n) is 7.61. The van der Waals surface area contributed by atoms with Gasteiger partial charge >= 0.3 is 0 Å². The molecule has 0 saturated carbocycles. The van der Waals surface area contributed by atoms with Crippen LogP contribution in [0, 0.1) is 5.92 Å². The van der Waals surface area contributed by atoms with Gasteiger partial charge in [0.2, 0.25) is 0 Å². The molecule has 3 saturated heterocycles. The summed E-state index contributed by atoms with van der Waals surface area (Å²) >= 11 is 0. The smallest absolute Gasteiger partial charge is 0.275 e. The molecule has 5 rings (SSSR count). The van der Waals surface area contributed by atoms with Crippen LogP contribution in [0.4, 0.5) is 5.82 Å². The van der Waals surface area contributed by atoms with Gasteiger partial charge < -0.3 is 14.7 Å². The number of benzene rings is 1. The molecule has 6 heteroatoms. The van der Waals surface area contributed by atoms with Crippen LogP contribution < -0.4 is 4.90 Å². The van der Waals surface area contributed by atoms with Gasteiger partial charge in [0.05, 0.1) is 0 Å². The van der Waals surface area contributed by atoms with Gasteiger partial charge in [0.25, 0.3) is 5.91 Å². The molecule has 0 bridgehead atoms. The van der Waals surface area contributed by atoms with Gasteiger partial charge in [-0.3, -0.25) is 4.79 Å². The average Bonchev–Trinajstić information content (AvgIpc) is 2.84. The summed E-state index contributed by atoms with van der Waals surface area (Å²) in [5.74, 6) is 1.74. The summed E-state index contributed by atoms with van der Waals surface area (Å²) < 4.78 is 0. The van der Waals surface area contributed by atoms with Crippen LogP contribution in [0.25, 0.3) is 10.8 Å². The molecule has 166 valence electrons. The van der Waals surface area contributed by atoms with Crippen molar-refractivity contribution in [3.63, 3.8) is 0 Å². The Morgan fingerprint density at radius 1 is 0.839 bits per heavy atom. The normalized spacial score (nSPS) is 22.2. The Bertz CT molecular complexity index is 909. The number of rotatable bonds is 3. The predicted octanol–water partition coefficient (Wildman–Crippen LogP) is 3.96. The van der Waals surface area contributed by atoms with Crippen molar-refractivity contribution < 1.29 is 4.79 Å². The van der Waals surface area contributed by atoms with Crippen molar-refractivity contribution >= 4 is 22.5 Å². The molecule has 0 spiro atoms. The molecule has 3 aliphatic heterocycles. The largest absolute Gasteiger partial charge is 0.355 e. The van der Waals surface area contributed by atoms with Gasteiger partial charge in [-0.25, -0.2) is 0 Å². The van der Waals surface area contributed by atoms with Gasteiger partial charge in [-0.05, 0) is 57.5 Å². The molecular formula is C25H35N5O. The number of anilines is 1. The molecule has 0 N–H and O–H groups in total. The van der Waals surface area contributed by atoms with Crippen molar-refractivity contribution in [2.24, 2.45) is 5.92 Å². The molecule has 4 heterocycles. The monoisotopic (exact) mass is 421 g/mol. The minimum Gasteiger partial charge on any atom is -0.355 e. The van der Waals surface area contributed by atoms with E-state index in [1.165, 1.54) is 45.2 Å². The second kappa shape index (κ2) is 9.11. The third-order valence-corrected chi connectivity index (χ3v) is 7.61. The highest BCUT2D eigenvalue weighted by molar-refractivity contribution is 6.07. The van der Waals surface area contributed by atoms with E-state index in [2.05, 4.69) is 33.0 Å². The quantitative estimate of drug-likeness (QED) is 0.751. The van der Waals surface area contributed by atoms with E-state index in [1.54, 1.807) is 0 Å². The van der Waals surface area contributed by atoms with Gasteiger partial charge in [0, 0.05) is 43.0 Å². The summed E-state index contributed by atoms with van der Waals surface area (Å²) in [5.41, 5.74) is 0.515. The van der Waals surface area contributed by atoms with Gasteiger partial charge in [-0.15, -0.1) is 10.2 Å². The standard InChI is InChI=1S/C25H35N5O/c1-19-9-15-29(16-10-19)24-22-8-4-3-7-21(22)23(26-27-24)25(31)30-17-11-20(12-18-30)28-13-5-2-6-14-28/h3-4,7-8,19-20H,2,5-6,9-18H2,1H3. The lowest BCUT2D eigenvalue weighted by Crippen LogP contribution is -2.48. The molecular weight excluding hydrogens is 386 g/mol. The number of carbonyl (C=O) groups excluding carboxylic acids is 1. The molecule has 0 aliphatic carbocycles. The Balaban J connectivity index is 1.33. The Hall–Kier alpha value is -2.21. The zero-order valence-electron chi connectivity index (χ0n) is 18.8. The maximum absolute atomic E-state index is 13.4. The Morgan fingerprint density at radius 3 is 2.23 bits per heavy atom. The molecule has 1 aromatic carbocycles. The van der Waals surface area contributed by atoms with Crippen molar-refractivity contribution in [2.75, 3.05) is 44.2 Å². The minimum absolute atomic E-state index is 0.0413. The number of carbonyl (C=O) groups is 1. The van der Waals surface area contributed by atoms with E-state index in [9.17, 15) is 4.79 Å². The lowest BCUT2D eigenvalue weighted by atomic mass is 9.98. The maximum atomic E-state index is 13.4. The summed E-state index contributed by atoms with van der Waals surface area (Å²) in [6.45, 7) is 8.44. The number of aromatic nitrogens is 2. The summed E-state index contributed by atoms with van der Waals surface area (Å²) in [5, 5.41) is 11.1. The lowest BCUT2D eigenvalue weighted by molar-refractivity contribution is 0.0586. The van der Waals surface area contributed by atoms with Crippen LogP contribution in [0.3, 0.4) is 0 Å². The first kappa shape index (κ1) is 20.7. The Labute approximate surface area is 185 Å². The maximum Gasteiger partial charge on any atom is 0.275 e. The predicted molar refractivity (Wildman–Crippen MR) is 124 cm³/mol. The van der Waals surface area contributed by atoms with Crippen molar-refractivity contribution in [2.45, 2.75) is 57.9 Å². The highest BCUT2D eigenvalue weighted by Gasteiger charge is 2.30. The van der Waals surface area contributed by atoms with Crippen molar-refractivity contribution in [3.05, 3.63) is 30.0 Å². The van der Waals surface area contributed by atoms with Crippen LogP contribution in [0.2, 0.25) is 0 Å². The molecule has 6 nitrogen and oxygen atoms in total. The van der Waals surface area contributed by atoms with Crippen LogP contribution >= 0.6 is 0 Å². The lowest BCUT2D eigenvalue weighted by Gasteiger charge is -2.40. The van der Waals surface area contributed by atoms with Crippen LogP contribution in [-0.4, -0.2) is 71.2 Å². The van der Waals surface area contributed by atoms with Crippen LogP contribution in [0.1, 0.15) is 62.4 Å². The Morgan fingerprint density at radius 2 is 1.52 bits per heavy atom. The van der Waals surface area contributed by atoms with E-state index >= 15 is 0 Å². The SMILES string of the molecule is CC1CCN(c2nnc(C(=O)N3CCC(N4CCCCC4)CC3)c3ccccc23)CC1. The van der Waals surface area contributed by atoms with Crippen molar-refractivity contribution in [1.82, 2.24) is 20.0 Å². The molecule has 3 aliphatic rings. The molecule has 31 heavy (non-hydrogen) atoms. The first-order chi connectivity index (χ1) is 15.2. The molecule has 3 fully saturated rings. The summed E-state index contributed by atoms with van der Waals surface area (Å²) in [6.07, 6.45) is 8.52. The fraction of sp³-hybridized carbons (Fsp3) is 0.640. The molecule has 0 radical (unpaired) electrons. The fourth-order valence-electron chi connectivity index (χ4n) is 5.57. The molecule has 2 aromatic rings. The zero-order valence-corrected chi connectivity index (χ0v) is 18.8. The summed E-state index contributed by atoms with van der Waals surface area (Å²) in [4.78, 5) is 20.4. The molecule has 1 amide bonds. The minimum atomic E-state index is 0.0413. The van der Waals surface area contributed by atoms with E-state index in [-0.39, 0.29) is 5.91 Å². The topological polar surface area (TPSA) is 52.6 Å². The number of fused-ring (bicyclic) bond motifs is 1. The number of likely N-dealkylation sites (tertiary alicyclic amines) is 2. The highest BCUT2D eigenvalue weighted by Crippen LogP contribution is 2.30. The van der Waals surface area contributed by atoms with E-state index in [1.807, 2.05) is 23.1 Å². The fourth-order valence-corrected chi connectivity index (χ4v) is 5.57. The number of nitrogens with zero attached hydrogens (tertiary/aromatic N) is 5. The molecule has 1 aromatic heterocycles. The first-order valence-corrected chi connectivity index (χ1v) is 12.2. The van der Waals surface area contributed by atoms with Crippen molar-refractivity contribution in [3.8, 4) is 0 Å². The number of amides is 1.